The van der Waals surface area contributed by atoms with Crippen LogP contribution in [0.2, 0.25) is 0 Å². The van der Waals surface area contributed by atoms with Crippen molar-refractivity contribution in [1.29, 1.82) is 0 Å². The van der Waals surface area contributed by atoms with E-state index in [0.29, 0.717) is 28.0 Å². The standard InChI is InChI=1S/C29H23N5O2S/c1-19-11-15-22(16-12-19)30-29(37)33-32-27(35)21-13-17-23(18-14-21)34-26(20-7-3-2-4-8-20)31-25-10-6-5-9-24(25)28(34)36/h2-18H,1H3,(H,32,35)(H2,30,33,37). The highest BCUT2D eigenvalue weighted by Crippen LogP contribution is 2.22. The molecule has 1 amide bonds. The summed E-state index contributed by atoms with van der Waals surface area (Å²) < 4.78 is 1.57. The van der Waals surface area contributed by atoms with Crippen LogP contribution in [0.1, 0.15) is 15.9 Å². The molecule has 0 spiro atoms. The summed E-state index contributed by atoms with van der Waals surface area (Å²) in [7, 11) is 0. The number of rotatable bonds is 4. The first-order valence-corrected chi connectivity index (χ1v) is 12.0. The number of anilines is 1. The Hall–Kier alpha value is -4.82. The lowest BCUT2D eigenvalue weighted by Gasteiger charge is -2.15. The molecule has 0 aliphatic rings. The van der Waals surface area contributed by atoms with E-state index >= 15 is 0 Å². The van der Waals surface area contributed by atoms with Crippen LogP contribution in [0, 0.1) is 6.92 Å². The van der Waals surface area contributed by atoms with E-state index < -0.39 is 0 Å². The van der Waals surface area contributed by atoms with Crippen molar-refractivity contribution in [3.8, 4) is 17.1 Å². The summed E-state index contributed by atoms with van der Waals surface area (Å²) in [6.45, 7) is 2.00. The summed E-state index contributed by atoms with van der Waals surface area (Å²) in [5.41, 5.74) is 9.50. The number of benzene rings is 4. The molecule has 0 saturated carbocycles. The molecule has 3 N–H and O–H groups in total. The Morgan fingerprint density at radius 2 is 1.49 bits per heavy atom. The van der Waals surface area contributed by atoms with Gasteiger partial charge < -0.3 is 5.32 Å². The molecule has 0 aliphatic carbocycles. The maximum absolute atomic E-state index is 13.5. The number of hydrogen-bond acceptors (Lipinski definition) is 4. The van der Waals surface area contributed by atoms with E-state index in [1.807, 2.05) is 79.7 Å². The van der Waals surface area contributed by atoms with Crippen LogP contribution < -0.4 is 21.7 Å². The highest BCUT2D eigenvalue weighted by Gasteiger charge is 2.15. The molecule has 182 valence electrons. The number of aromatic nitrogens is 2. The number of hydrogen-bond donors (Lipinski definition) is 3. The lowest BCUT2D eigenvalue weighted by atomic mass is 10.1. The minimum Gasteiger partial charge on any atom is -0.331 e. The zero-order valence-corrected chi connectivity index (χ0v) is 20.8. The molecule has 0 fully saturated rings. The van der Waals surface area contributed by atoms with E-state index in [4.69, 9.17) is 17.2 Å². The topological polar surface area (TPSA) is 88.0 Å². The van der Waals surface area contributed by atoms with Gasteiger partial charge in [-0.05, 0) is 67.7 Å². The summed E-state index contributed by atoms with van der Waals surface area (Å²) in [5, 5.41) is 3.79. The third kappa shape index (κ3) is 5.24. The van der Waals surface area contributed by atoms with Gasteiger partial charge >= 0.3 is 0 Å². The molecule has 0 atom stereocenters. The van der Waals surface area contributed by atoms with Crippen molar-refractivity contribution < 1.29 is 4.79 Å². The van der Waals surface area contributed by atoms with E-state index in [-0.39, 0.29) is 16.6 Å². The van der Waals surface area contributed by atoms with Crippen LogP contribution in [0.3, 0.4) is 0 Å². The van der Waals surface area contributed by atoms with Gasteiger partial charge in [0.15, 0.2) is 5.11 Å². The van der Waals surface area contributed by atoms with Gasteiger partial charge in [0.05, 0.1) is 16.6 Å². The van der Waals surface area contributed by atoms with Gasteiger partial charge in [0, 0.05) is 16.8 Å². The van der Waals surface area contributed by atoms with Gasteiger partial charge in [0.25, 0.3) is 11.5 Å². The van der Waals surface area contributed by atoms with E-state index in [0.717, 1.165) is 16.8 Å². The Balaban J connectivity index is 1.38. The minimum atomic E-state index is -0.369. The molecular formula is C29H23N5O2S. The molecule has 5 rings (SSSR count). The van der Waals surface area contributed by atoms with Crippen molar-refractivity contribution in [2.24, 2.45) is 0 Å². The highest BCUT2D eigenvalue weighted by molar-refractivity contribution is 7.80. The summed E-state index contributed by atoms with van der Waals surface area (Å²) >= 11 is 5.25. The zero-order chi connectivity index (χ0) is 25.8. The number of carbonyl (C=O) groups excluding carboxylic acids is 1. The van der Waals surface area contributed by atoms with Gasteiger partial charge in [0.2, 0.25) is 0 Å². The van der Waals surface area contributed by atoms with Crippen LogP contribution in [0.15, 0.2) is 108 Å². The molecule has 1 aromatic heterocycles. The second kappa shape index (κ2) is 10.4. The monoisotopic (exact) mass is 505 g/mol. The first kappa shape index (κ1) is 23.9. The number of nitrogens with zero attached hydrogens (tertiary/aromatic N) is 2. The smallest absolute Gasteiger partial charge is 0.269 e. The van der Waals surface area contributed by atoms with Crippen molar-refractivity contribution >= 4 is 39.8 Å². The zero-order valence-electron chi connectivity index (χ0n) is 19.9. The lowest BCUT2D eigenvalue weighted by molar-refractivity contribution is 0.0944. The molecule has 0 aliphatic heterocycles. The fraction of sp³-hybridized carbons (Fsp3) is 0.0345. The van der Waals surface area contributed by atoms with Crippen LogP contribution in [-0.2, 0) is 0 Å². The van der Waals surface area contributed by atoms with E-state index in [9.17, 15) is 9.59 Å². The number of fused-ring (bicyclic) bond motifs is 1. The summed E-state index contributed by atoms with van der Waals surface area (Å²) in [6, 6.07) is 31.3. The third-order valence-electron chi connectivity index (χ3n) is 5.79. The van der Waals surface area contributed by atoms with Crippen LogP contribution in [0.5, 0.6) is 0 Å². The first-order valence-electron chi connectivity index (χ1n) is 11.6. The molecule has 8 heteroatoms. The maximum atomic E-state index is 13.5. The second-order valence-electron chi connectivity index (χ2n) is 8.41. The molecule has 1 heterocycles. The van der Waals surface area contributed by atoms with E-state index in [2.05, 4.69) is 16.2 Å². The van der Waals surface area contributed by atoms with Gasteiger partial charge in [-0.1, -0.05) is 60.2 Å². The quantitative estimate of drug-likeness (QED) is 0.236. The number of aryl methyl sites for hydroxylation is 1. The largest absolute Gasteiger partial charge is 0.331 e. The fourth-order valence-corrected chi connectivity index (χ4v) is 4.07. The van der Waals surface area contributed by atoms with Crippen LogP contribution in [0.25, 0.3) is 28.0 Å². The van der Waals surface area contributed by atoms with Crippen molar-refractivity contribution in [2.75, 3.05) is 5.32 Å². The van der Waals surface area contributed by atoms with Gasteiger partial charge in [-0.15, -0.1) is 0 Å². The first-order chi connectivity index (χ1) is 18.0. The molecule has 5 aromatic rings. The molecule has 0 unspecified atom stereocenters. The van der Waals surface area contributed by atoms with Crippen molar-refractivity contribution in [3.05, 3.63) is 125 Å². The summed E-state index contributed by atoms with van der Waals surface area (Å²) in [4.78, 5) is 31.0. The van der Waals surface area contributed by atoms with Gasteiger partial charge in [0.1, 0.15) is 5.82 Å². The number of nitrogens with one attached hydrogen (secondary N) is 3. The predicted molar refractivity (Wildman–Crippen MR) is 151 cm³/mol. The molecule has 7 nitrogen and oxygen atoms in total. The number of amides is 1. The third-order valence-corrected chi connectivity index (χ3v) is 6.00. The maximum Gasteiger partial charge on any atom is 0.269 e. The van der Waals surface area contributed by atoms with E-state index in [1.54, 1.807) is 34.9 Å². The Kier molecular flexibility index (Phi) is 6.74. The fourth-order valence-electron chi connectivity index (χ4n) is 3.90. The number of carbonyl (C=O) groups is 1. The SMILES string of the molecule is Cc1ccc(NC(=S)NNC(=O)c2ccc(-n3c(-c4ccccc4)nc4ccccc4c3=O)cc2)cc1. The predicted octanol–water partition coefficient (Wildman–Crippen LogP) is 4.99. The van der Waals surface area contributed by atoms with Crippen LogP contribution >= 0.6 is 12.2 Å². The lowest BCUT2D eigenvalue weighted by Crippen LogP contribution is -2.43. The summed E-state index contributed by atoms with van der Waals surface area (Å²) in [5.74, 6) is 0.155. The highest BCUT2D eigenvalue weighted by atomic mass is 32.1. The Morgan fingerprint density at radius 1 is 0.811 bits per heavy atom. The molecule has 37 heavy (non-hydrogen) atoms. The average molecular weight is 506 g/mol. The molecule has 0 radical (unpaired) electrons. The van der Waals surface area contributed by atoms with Crippen LogP contribution in [0.4, 0.5) is 5.69 Å². The number of thiocarbonyl (C=S) groups is 1. The van der Waals surface area contributed by atoms with Crippen molar-refractivity contribution in [1.82, 2.24) is 20.4 Å². The van der Waals surface area contributed by atoms with Crippen molar-refractivity contribution in [2.45, 2.75) is 6.92 Å². The molecule has 0 bridgehead atoms. The number of para-hydroxylation sites is 1. The van der Waals surface area contributed by atoms with Crippen molar-refractivity contribution in [3.63, 3.8) is 0 Å². The average Bonchev–Trinajstić information content (AvgIpc) is 2.93. The minimum absolute atomic E-state index is 0.184. The van der Waals surface area contributed by atoms with Gasteiger partial charge in [-0.2, -0.15) is 0 Å². The normalized spacial score (nSPS) is 10.6. The van der Waals surface area contributed by atoms with Gasteiger partial charge in [-0.25, -0.2) is 4.98 Å². The summed E-state index contributed by atoms with van der Waals surface area (Å²) in [6.07, 6.45) is 0. The molecule has 0 saturated heterocycles. The molecule has 4 aromatic carbocycles. The molecular weight excluding hydrogens is 482 g/mol. The van der Waals surface area contributed by atoms with Gasteiger partial charge in [-0.3, -0.25) is 25.0 Å². The Labute approximate surface area is 218 Å². The van der Waals surface area contributed by atoms with E-state index in [1.165, 1.54) is 0 Å². The Morgan fingerprint density at radius 3 is 2.22 bits per heavy atom. The second-order valence-corrected chi connectivity index (χ2v) is 8.81. The number of hydrazine groups is 1. The van der Waals surface area contributed by atoms with Crippen LogP contribution in [-0.4, -0.2) is 20.6 Å². The Bertz CT molecular complexity index is 1650.